The number of primary amides is 1. The van der Waals surface area contributed by atoms with Gasteiger partial charge in [-0.15, -0.1) is 0 Å². The fourth-order valence-electron chi connectivity index (χ4n) is 4.00. The van der Waals surface area contributed by atoms with Gasteiger partial charge in [-0.05, 0) is 30.5 Å². The first-order chi connectivity index (χ1) is 15.7. The zero-order chi connectivity index (χ0) is 22.1. The van der Waals surface area contributed by atoms with Crippen molar-refractivity contribution >= 4 is 22.6 Å². The number of hydrogen-bond acceptors (Lipinski definition) is 6. The number of amides is 1. The summed E-state index contributed by atoms with van der Waals surface area (Å²) in [5, 5.41) is 4.09. The fraction of sp³-hybridized carbons (Fsp3) is 0.208. The summed E-state index contributed by atoms with van der Waals surface area (Å²) < 4.78 is 13.3. The van der Waals surface area contributed by atoms with E-state index in [9.17, 15) is 4.79 Å². The molecule has 0 unspecified atom stereocenters. The lowest BCUT2D eigenvalue weighted by Gasteiger charge is -2.21. The third kappa shape index (κ3) is 3.49. The van der Waals surface area contributed by atoms with E-state index >= 15 is 0 Å². The number of carbonyl (C=O) groups excluding carboxylic acids is 1. The van der Waals surface area contributed by atoms with Crippen LogP contribution in [0.25, 0.3) is 16.9 Å². The number of fused-ring (bicyclic) bond motifs is 2. The van der Waals surface area contributed by atoms with Crippen LogP contribution < -0.4 is 20.5 Å². The summed E-state index contributed by atoms with van der Waals surface area (Å²) in [5.74, 6) is 1.77. The minimum atomic E-state index is -0.500. The van der Waals surface area contributed by atoms with Gasteiger partial charge in [-0.2, -0.15) is 4.98 Å². The molecular formula is C24H23N5O3. The molecule has 1 aliphatic heterocycles. The molecule has 1 amide bonds. The topological polar surface area (TPSA) is 104 Å². The number of hydrogen-bond donors (Lipinski definition) is 2. The second-order valence-corrected chi connectivity index (χ2v) is 7.56. The van der Waals surface area contributed by atoms with Crippen molar-refractivity contribution in [2.24, 2.45) is 5.73 Å². The summed E-state index contributed by atoms with van der Waals surface area (Å²) in [5.41, 5.74) is 8.71. The lowest BCUT2D eigenvalue weighted by molar-refractivity contribution is 0.100. The zero-order valence-corrected chi connectivity index (χ0v) is 17.7. The van der Waals surface area contributed by atoms with Crippen LogP contribution in [0.2, 0.25) is 0 Å². The van der Waals surface area contributed by atoms with E-state index < -0.39 is 5.91 Å². The molecule has 8 heteroatoms. The van der Waals surface area contributed by atoms with Gasteiger partial charge in [0.25, 0.3) is 0 Å². The number of nitrogens with two attached hydrogens (primary N) is 1. The Labute approximate surface area is 185 Å². The van der Waals surface area contributed by atoms with Gasteiger partial charge in [0, 0.05) is 23.6 Å². The number of methoxy groups -OCH3 is 1. The molecule has 0 saturated heterocycles. The smallest absolute Gasteiger partial charge is 0.249 e. The van der Waals surface area contributed by atoms with E-state index in [1.807, 2.05) is 24.3 Å². The van der Waals surface area contributed by atoms with Crippen LogP contribution in [0.1, 0.15) is 28.0 Å². The van der Waals surface area contributed by atoms with Crippen molar-refractivity contribution in [1.29, 1.82) is 0 Å². The Hall–Kier alpha value is -4.07. The van der Waals surface area contributed by atoms with Crippen molar-refractivity contribution in [3.8, 4) is 17.6 Å². The number of carbonyl (C=O) groups is 1. The molecule has 0 bridgehead atoms. The molecule has 5 rings (SSSR count). The van der Waals surface area contributed by atoms with E-state index in [-0.39, 0.29) is 0 Å². The van der Waals surface area contributed by atoms with Gasteiger partial charge in [0.1, 0.15) is 0 Å². The average molecular weight is 429 g/mol. The lowest BCUT2D eigenvalue weighted by Crippen LogP contribution is -2.17. The van der Waals surface area contributed by atoms with Crippen LogP contribution in [0, 0.1) is 0 Å². The first-order valence-corrected chi connectivity index (χ1v) is 10.5. The molecule has 0 saturated carbocycles. The molecule has 2 aromatic carbocycles. The highest BCUT2D eigenvalue weighted by atomic mass is 16.5. The number of rotatable bonds is 6. The number of benzene rings is 2. The van der Waals surface area contributed by atoms with Crippen molar-refractivity contribution in [2.45, 2.75) is 19.4 Å². The first-order valence-electron chi connectivity index (χ1n) is 10.5. The van der Waals surface area contributed by atoms with Gasteiger partial charge in [-0.25, -0.2) is 9.55 Å². The quantitative estimate of drug-likeness (QED) is 0.486. The van der Waals surface area contributed by atoms with E-state index in [1.165, 1.54) is 0 Å². The number of nitrogens with one attached hydrogen (secondary N) is 1. The van der Waals surface area contributed by atoms with Gasteiger partial charge < -0.3 is 20.5 Å². The summed E-state index contributed by atoms with van der Waals surface area (Å²) in [6.07, 6.45) is 1.68. The Bertz CT molecular complexity index is 1300. The van der Waals surface area contributed by atoms with Crippen molar-refractivity contribution in [3.05, 3.63) is 71.4 Å². The third-order valence-corrected chi connectivity index (χ3v) is 5.52. The molecule has 0 aliphatic carbocycles. The van der Waals surface area contributed by atoms with E-state index in [2.05, 4.69) is 17.4 Å². The number of ether oxygens (including phenoxy) is 2. The fourth-order valence-corrected chi connectivity index (χ4v) is 4.00. The van der Waals surface area contributed by atoms with Gasteiger partial charge in [-0.3, -0.25) is 4.79 Å². The molecule has 32 heavy (non-hydrogen) atoms. The van der Waals surface area contributed by atoms with Crippen molar-refractivity contribution < 1.29 is 14.3 Å². The molecule has 8 nitrogen and oxygen atoms in total. The van der Waals surface area contributed by atoms with Crippen LogP contribution in [0.3, 0.4) is 0 Å². The predicted molar refractivity (Wildman–Crippen MR) is 122 cm³/mol. The van der Waals surface area contributed by atoms with Gasteiger partial charge in [-0.1, -0.05) is 36.4 Å². The minimum Gasteiger partial charge on any atom is -0.488 e. The monoisotopic (exact) mass is 429 g/mol. The Morgan fingerprint density at radius 3 is 2.81 bits per heavy atom. The van der Waals surface area contributed by atoms with Crippen LogP contribution in [0.15, 0.2) is 54.6 Å². The Morgan fingerprint density at radius 2 is 2.03 bits per heavy atom. The maximum Gasteiger partial charge on any atom is 0.249 e. The summed E-state index contributed by atoms with van der Waals surface area (Å²) in [6, 6.07) is 17.3. The van der Waals surface area contributed by atoms with Gasteiger partial charge >= 0.3 is 0 Å². The molecule has 3 N–H and O–H groups in total. The average Bonchev–Trinajstić information content (AvgIpc) is 3.21. The molecule has 162 valence electrons. The van der Waals surface area contributed by atoms with E-state index in [0.29, 0.717) is 47.5 Å². The van der Waals surface area contributed by atoms with Crippen molar-refractivity contribution in [1.82, 2.24) is 14.5 Å². The maximum absolute atomic E-state index is 11.9. The first kappa shape index (κ1) is 19.9. The van der Waals surface area contributed by atoms with Gasteiger partial charge in [0.2, 0.25) is 17.7 Å². The zero-order valence-electron chi connectivity index (χ0n) is 17.7. The molecule has 3 heterocycles. The van der Waals surface area contributed by atoms with Crippen molar-refractivity contribution in [3.63, 3.8) is 0 Å². The number of aryl methyl sites for hydroxylation is 1. The van der Waals surface area contributed by atoms with Gasteiger partial charge in [0.05, 0.1) is 24.9 Å². The summed E-state index contributed by atoms with van der Waals surface area (Å²) in [7, 11) is 1.57. The number of anilines is 1. The highest BCUT2D eigenvalue weighted by Gasteiger charge is 2.23. The maximum atomic E-state index is 11.9. The summed E-state index contributed by atoms with van der Waals surface area (Å²) in [4.78, 5) is 21.5. The molecule has 0 fully saturated rings. The Morgan fingerprint density at radius 1 is 1.19 bits per heavy atom. The van der Waals surface area contributed by atoms with Crippen LogP contribution in [0.5, 0.6) is 11.6 Å². The highest BCUT2D eigenvalue weighted by Crippen LogP contribution is 2.35. The molecule has 0 radical (unpaired) electrons. The Kier molecular flexibility index (Phi) is 5.10. The van der Waals surface area contributed by atoms with Gasteiger partial charge in [0.15, 0.2) is 11.6 Å². The molecule has 2 aromatic heterocycles. The largest absolute Gasteiger partial charge is 0.488 e. The Balaban J connectivity index is 1.64. The van der Waals surface area contributed by atoms with E-state index in [4.69, 9.17) is 25.2 Å². The summed E-state index contributed by atoms with van der Waals surface area (Å²) >= 11 is 0. The molecule has 4 aromatic rings. The van der Waals surface area contributed by atoms with Crippen LogP contribution in [-0.2, 0) is 13.0 Å². The number of aromatic nitrogens is 3. The van der Waals surface area contributed by atoms with Crippen LogP contribution in [-0.4, -0.2) is 34.2 Å². The summed E-state index contributed by atoms with van der Waals surface area (Å²) in [6.45, 7) is 1.23. The van der Waals surface area contributed by atoms with Crippen LogP contribution >= 0.6 is 0 Å². The molecule has 0 atom stereocenters. The second kappa shape index (κ2) is 8.22. The third-order valence-electron chi connectivity index (χ3n) is 5.52. The van der Waals surface area contributed by atoms with E-state index in [0.717, 1.165) is 29.6 Å². The lowest BCUT2D eigenvalue weighted by atomic mass is 10.1. The van der Waals surface area contributed by atoms with Crippen LogP contribution in [0.4, 0.5) is 5.82 Å². The second-order valence-electron chi connectivity index (χ2n) is 7.56. The highest BCUT2D eigenvalue weighted by molar-refractivity contribution is 6.06. The predicted octanol–water partition coefficient (Wildman–Crippen LogP) is 3.47. The standard InChI is InChI=1S/C24H23N5O3/c1-31-20-13-17-16(22(25)30)9-5-11-19(17)29(20)24-27-18-10-6-12-32-21(18)23(28-24)26-14-15-7-3-2-4-8-15/h2-5,7-9,11,13H,6,10,12,14H2,1H3,(H2,25,30)(H,26,27,28). The molecular weight excluding hydrogens is 406 g/mol. The molecule has 1 aliphatic rings. The number of nitrogens with zero attached hydrogens (tertiary/aromatic N) is 3. The normalized spacial score (nSPS) is 12.8. The SMILES string of the molecule is COc1cc2c(C(N)=O)cccc2n1-c1nc2c(c(NCc3ccccc3)n1)OCCC2. The minimum absolute atomic E-state index is 0.420. The van der Waals surface area contributed by atoms with E-state index in [1.54, 1.807) is 29.9 Å². The van der Waals surface area contributed by atoms with Crippen molar-refractivity contribution in [2.75, 3.05) is 19.0 Å². The molecule has 0 spiro atoms.